The van der Waals surface area contributed by atoms with E-state index in [4.69, 9.17) is 0 Å². The molecule has 2 aliphatic rings. The zero-order valence-corrected chi connectivity index (χ0v) is 9.00. The number of nitrogens with zero attached hydrogens (tertiary/aromatic N) is 1. The normalized spacial score (nSPS) is 20.6. The zero-order valence-electron chi connectivity index (χ0n) is 9.00. The molecule has 2 heterocycles. The van der Waals surface area contributed by atoms with E-state index in [2.05, 4.69) is 24.1 Å². The van der Waals surface area contributed by atoms with Gasteiger partial charge in [0.05, 0.1) is 5.41 Å². The van der Waals surface area contributed by atoms with Crippen LogP contribution >= 0.6 is 0 Å². The molecule has 1 spiro atoms. The van der Waals surface area contributed by atoms with Crippen LogP contribution in [0.3, 0.4) is 0 Å². The van der Waals surface area contributed by atoms with E-state index in [1.54, 1.807) is 0 Å². The Balaban J connectivity index is 2.10. The van der Waals surface area contributed by atoms with Crippen LogP contribution in [0.4, 0.5) is 5.69 Å². The fourth-order valence-corrected chi connectivity index (χ4v) is 2.26. The van der Waals surface area contributed by atoms with Crippen LogP contribution in [0, 0.1) is 0 Å². The minimum Gasteiger partial charge on any atom is -0.325 e. The van der Waals surface area contributed by atoms with E-state index < -0.39 is 0 Å². The van der Waals surface area contributed by atoms with Gasteiger partial charge in [-0.1, -0.05) is 13.8 Å². The second-order valence-electron chi connectivity index (χ2n) is 4.85. The van der Waals surface area contributed by atoms with Crippen molar-refractivity contribution < 1.29 is 4.79 Å². The van der Waals surface area contributed by atoms with Crippen molar-refractivity contribution in [2.24, 2.45) is 0 Å². The summed E-state index contributed by atoms with van der Waals surface area (Å²) in [5.41, 5.74) is 2.94. The van der Waals surface area contributed by atoms with Gasteiger partial charge >= 0.3 is 0 Å². The number of anilines is 1. The molecular weight excluding hydrogens is 188 g/mol. The van der Waals surface area contributed by atoms with E-state index in [0.29, 0.717) is 5.92 Å². The maximum Gasteiger partial charge on any atom is 0.235 e. The molecule has 0 atom stereocenters. The zero-order chi connectivity index (χ0) is 10.6. The molecule has 1 aromatic heterocycles. The molecule has 1 aromatic rings. The monoisotopic (exact) mass is 202 g/mol. The van der Waals surface area contributed by atoms with Crippen LogP contribution in [0.1, 0.15) is 43.9 Å². The average Bonchev–Trinajstić information content (AvgIpc) is 2.93. The molecule has 1 aliphatic carbocycles. The third kappa shape index (κ3) is 1.06. The van der Waals surface area contributed by atoms with E-state index in [0.717, 1.165) is 29.8 Å². The SMILES string of the molecule is CC(C)c1cc2c(cn1)C1(CC1)C(=O)N2. The lowest BCUT2D eigenvalue weighted by Gasteiger charge is -2.07. The van der Waals surface area contributed by atoms with Gasteiger partial charge in [-0.3, -0.25) is 9.78 Å². The molecule has 0 saturated heterocycles. The molecule has 1 saturated carbocycles. The van der Waals surface area contributed by atoms with Crippen molar-refractivity contribution in [3.63, 3.8) is 0 Å². The molecule has 1 aliphatic heterocycles. The van der Waals surface area contributed by atoms with Crippen LogP contribution in [-0.4, -0.2) is 10.9 Å². The lowest BCUT2D eigenvalue weighted by molar-refractivity contribution is -0.117. The number of hydrogen-bond acceptors (Lipinski definition) is 2. The number of aromatic nitrogens is 1. The molecule has 3 heteroatoms. The predicted molar refractivity (Wildman–Crippen MR) is 57.9 cm³/mol. The molecule has 0 bridgehead atoms. The summed E-state index contributed by atoms with van der Waals surface area (Å²) < 4.78 is 0. The van der Waals surface area contributed by atoms with Gasteiger partial charge in [0, 0.05) is 23.1 Å². The van der Waals surface area contributed by atoms with Crippen molar-refractivity contribution in [2.45, 2.75) is 38.0 Å². The first-order valence-electron chi connectivity index (χ1n) is 5.45. The van der Waals surface area contributed by atoms with Crippen molar-refractivity contribution in [3.8, 4) is 0 Å². The second kappa shape index (κ2) is 2.60. The molecular formula is C12H14N2O. The van der Waals surface area contributed by atoms with Gasteiger partial charge in [0.1, 0.15) is 0 Å². The van der Waals surface area contributed by atoms with Gasteiger partial charge in [-0.2, -0.15) is 0 Å². The highest BCUT2D eigenvalue weighted by molar-refractivity contribution is 6.08. The second-order valence-corrected chi connectivity index (χ2v) is 4.85. The van der Waals surface area contributed by atoms with E-state index in [9.17, 15) is 4.79 Å². The highest BCUT2D eigenvalue weighted by Gasteiger charge is 2.56. The van der Waals surface area contributed by atoms with Gasteiger partial charge in [0.2, 0.25) is 5.91 Å². The van der Waals surface area contributed by atoms with Crippen molar-refractivity contribution in [1.29, 1.82) is 0 Å². The maximum atomic E-state index is 11.8. The molecule has 3 rings (SSSR count). The number of pyridine rings is 1. The van der Waals surface area contributed by atoms with Gasteiger partial charge in [-0.15, -0.1) is 0 Å². The summed E-state index contributed by atoms with van der Waals surface area (Å²) in [6.07, 6.45) is 3.85. The molecule has 0 aromatic carbocycles. The Morgan fingerprint density at radius 2 is 2.20 bits per heavy atom. The fourth-order valence-electron chi connectivity index (χ4n) is 2.26. The summed E-state index contributed by atoms with van der Waals surface area (Å²) in [5, 5.41) is 2.97. The van der Waals surface area contributed by atoms with Crippen molar-refractivity contribution in [1.82, 2.24) is 4.98 Å². The topological polar surface area (TPSA) is 42.0 Å². The first-order chi connectivity index (χ1) is 7.13. The highest BCUT2D eigenvalue weighted by atomic mass is 16.2. The molecule has 0 radical (unpaired) electrons. The highest BCUT2D eigenvalue weighted by Crippen LogP contribution is 2.54. The summed E-state index contributed by atoms with van der Waals surface area (Å²) in [7, 11) is 0. The summed E-state index contributed by atoms with van der Waals surface area (Å²) >= 11 is 0. The third-order valence-electron chi connectivity index (χ3n) is 3.47. The van der Waals surface area contributed by atoms with Gasteiger partial charge in [-0.25, -0.2) is 0 Å². The largest absolute Gasteiger partial charge is 0.325 e. The van der Waals surface area contributed by atoms with Crippen LogP contribution in [-0.2, 0) is 10.2 Å². The maximum absolute atomic E-state index is 11.8. The molecule has 0 unspecified atom stereocenters. The van der Waals surface area contributed by atoms with Gasteiger partial charge in [0.25, 0.3) is 0 Å². The van der Waals surface area contributed by atoms with Crippen LogP contribution in [0.5, 0.6) is 0 Å². The number of hydrogen-bond donors (Lipinski definition) is 1. The summed E-state index contributed by atoms with van der Waals surface area (Å²) in [6, 6.07) is 2.02. The number of rotatable bonds is 1. The van der Waals surface area contributed by atoms with Crippen LogP contribution in [0.25, 0.3) is 0 Å². The standard InChI is InChI=1S/C12H14N2O/c1-7(2)9-5-10-8(6-13-9)12(3-4-12)11(15)14-10/h5-7H,3-4H2,1-2H3,(H,14,15). The quantitative estimate of drug-likeness (QED) is 0.758. The fraction of sp³-hybridized carbons (Fsp3) is 0.500. The minimum atomic E-state index is -0.197. The van der Waals surface area contributed by atoms with Crippen LogP contribution in [0.15, 0.2) is 12.3 Å². The molecule has 3 nitrogen and oxygen atoms in total. The lowest BCUT2D eigenvalue weighted by atomic mass is 9.98. The van der Waals surface area contributed by atoms with Crippen LogP contribution < -0.4 is 5.32 Å². The molecule has 1 N–H and O–H groups in total. The average molecular weight is 202 g/mol. The van der Waals surface area contributed by atoms with Crippen molar-refractivity contribution in [2.75, 3.05) is 5.32 Å². The third-order valence-corrected chi connectivity index (χ3v) is 3.47. The Labute approximate surface area is 88.9 Å². The van der Waals surface area contributed by atoms with Gasteiger partial charge in [0.15, 0.2) is 0 Å². The summed E-state index contributed by atoms with van der Waals surface area (Å²) in [6.45, 7) is 4.22. The Hall–Kier alpha value is -1.38. The summed E-state index contributed by atoms with van der Waals surface area (Å²) in [5.74, 6) is 0.572. The number of fused-ring (bicyclic) bond motifs is 2. The number of carbonyl (C=O) groups is 1. The number of nitrogens with one attached hydrogen (secondary N) is 1. The molecule has 78 valence electrons. The number of amides is 1. The summed E-state index contributed by atoms with van der Waals surface area (Å²) in [4.78, 5) is 16.2. The van der Waals surface area contributed by atoms with E-state index in [-0.39, 0.29) is 11.3 Å². The Kier molecular flexibility index (Phi) is 1.54. The predicted octanol–water partition coefficient (Wildman–Crippen LogP) is 2.19. The Morgan fingerprint density at radius 1 is 1.47 bits per heavy atom. The Morgan fingerprint density at radius 3 is 2.80 bits per heavy atom. The number of carbonyl (C=O) groups excluding carboxylic acids is 1. The smallest absolute Gasteiger partial charge is 0.235 e. The van der Waals surface area contributed by atoms with E-state index in [1.807, 2.05) is 12.3 Å². The molecule has 1 amide bonds. The first-order valence-corrected chi connectivity index (χ1v) is 5.45. The van der Waals surface area contributed by atoms with Crippen molar-refractivity contribution in [3.05, 3.63) is 23.5 Å². The molecule has 15 heavy (non-hydrogen) atoms. The first kappa shape index (κ1) is 8.89. The van der Waals surface area contributed by atoms with Gasteiger partial charge < -0.3 is 5.32 Å². The van der Waals surface area contributed by atoms with Crippen molar-refractivity contribution >= 4 is 11.6 Å². The van der Waals surface area contributed by atoms with E-state index in [1.165, 1.54) is 0 Å². The van der Waals surface area contributed by atoms with Gasteiger partial charge in [-0.05, 0) is 24.8 Å². The van der Waals surface area contributed by atoms with Crippen LogP contribution in [0.2, 0.25) is 0 Å². The lowest BCUT2D eigenvalue weighted by Crippen LogP contribution is -2.18. The minimum absolute atomic E-state index is 0.167. The van der Waals surface area contributed by atoms with E-state index >= 15 is 0 Å². The Bertz CT molecular complexity index is 447. The molecule has 1 fully saturated rings.